The quantitative estimate of drug-likeness (QED) is 0.849. The van der Waals surface area contributed by atoms with E-state index in [1.165, 1.54) is 12.1 Å². The summed E-state index contributed by atoms with van der Waals surface area (Å²) in [6.07, 6.45) is -0.0251. The molecule has 2 aromatic rings. The molecule has 0 atom stereocenters. The van der Waals surface area contributed by atoms with Gasteiger partial charge in [0.15, 0.2) is 0 Å². The maximum atomic E-state index is 13.9. The van der Waals surface area contributed by atoms with Crippen LogP contribution in [0, 0.1) is 12.7 Å². The zero-order chi connectivity index (χ0) is 19.4. The molecule has 0 aliphatic carbocycles. The van der Waals surface area contributed by atoms with Crippen molar-refractivity contribution in [3.05, 3.63) is 46.4 Å². The number of carbonyl (C=O) groups excluding carboxylic acids is 1. The van der Waals surface area contributed by atoms with E-state index in [9.17, 15) is 9.18 Å². The third kappa shape index (κ3) is 4.66. The first kappa shape index (κ1) is 19.4. The monoisotopic (exact) mass is 391 g/mol. The summed E-state index contributed by atoms with van der Waals surface area (Å²) in [7, 11) is 0. The highest BCUT2D eigenvalue weighted by atomic mass is 35.5. The van der Waals surface area contributed by atoms with Gasteiger partial charge in [0.2, 0.25) is 11.9 Å². The first-order valence-corrected chi connectivity index (χ1v) is 9.41. The second-order valence-electron chi connectivity index (χ2n) is 6.47. The van der Waals surface area contributed by atoms with Gasteiger partial charge in [-0.3, -0.25) is 4.79 Å². The zero-order valence-electron chi connectivity index (χ0n) is 15.5. The number of piperazine rings is 1. The number of aryl methyl sites for hydroxylation is 1. The number of rotatable bonds is 5. The maximum Gasteiger partial charge on any atom is 0.227 e. The summed E-state index contributed by atoms with van der Waals surface area (Å²) < 4.78 is 13.9. The molecule has 0 radical (unpaired) electrons. The SMILES string of the molecule is CCNc1nc(C)cc(N2CCN(C(=O)Cc3c(F)cccc3Cl)CC2)n1. The van der Waals surface area contributed by atoms with Gasteiger partial charge in [-0.25, -0.2) is 9.37 Å². The van der Waals surface area contributed by atoms with Gasteiger partial charge in [0.25, 0.3) is 0 Å². The summed E-state index contributed by atoms with van der Waals surface area (Å²) in [5, 5.41) is 3.42. The van der Waals surface area contributed by atoms with E-state index in [1.54, 1.807) is 11.0 Å². The number of benzene rings is 1. The van der Waals surface area contributed by atoms with E-state index in [-0.39, 0.29) is 22.9 Å². The molecule has 3 rings (SSSR count). The summed E-state index contributed by atoms with van der Waals surface area (Å²) in [5.41, 5.74) is 1.15. The highest BCUT2D eigenvalue weighted by Gasteiger charge is 2.24. The van der Waals surface area contributed by atoms with E-state index < -0.39 is 5.82 Å². The molecule has 1 aliphatic rings. The van der Waals surface area contributed by atoms with Gasteiger partial charge in [-0.1, -0.05) is 17.7 Å². The Bertz CT molecular complexity index is 803. The predicted octanol–water partition coefficient (Wildman–Crippen LogP) is 2.90. The van der Waals surface area contributed by atoms with Crippen LogP contribution >= 0.6 is 11.6 Å². The van der Waals surface area contributed by atoms with Crippen molar-refractivity contribution >= 4 is 29.3 Å². The third-order valence-corrected chi connectivity index (χ3v) is 4.88. The van der Waals surface area contributed by atoms with Crippen molar-refractivity contribution in [3.63, 3.8) is 0 Å². The molecule has 0 spiro atoms. The summed E-state index contributed by atoms with van der Waals surface area (Å²) in [5.74, 6) is 0.902. The molecule has 6 nitrogen and oxygen atoms in total. The number of nitrogens with one attached hydrogen (secondary N) is 1. The Morgan fingerprint density at radius 1 is 1.26 bits per heavy atom. The average Bonchev–Trinajstić information content (AvgIpc) is 2.64. The predicted molar refractivity (Wildman–Crippen MR) is 105 cm³/mol. The minimum absolute atomic E-state index is 0.0251. The largest absolute Gasteiger partial charge is 0.354 e. The summed E-state index contributed by atoms with van der Waals surface area (Å²) in [6.45, 7) is 7.14. The lowest BCUT2D eigenvalue weighted by atomic mass is 10.1. The number of carbonyl (C=O) groups is 1. The number of hydrogen-bond donors (Lipinski definition) is 1. The molecular weight excluding hydrogens is 369 g/mol. The molecule has 1 amide bonds. The molecule has 1 saturated heterocycles. The Kier molecular flexibility index (Phi) is 6.11. The van der Waals surface area contributed by atoms with Gasteiger partial charge in [0, 0.05) is 55.1 Å². The summed E-state index contributed by atoms with van der Waals surface area (Å²) >= 11 is 6.03. The van der Waals surface area contributed by atoms with Gasteiger partial charge in [0.05, 0.1) is 6.42 Å². The molecule has 8 heteroatoms. The number of anilines is 2. The normalized spacial score (nSPS) is 14.4. The molecule has 1 aromatic carbocycles. The molecule has 1 N–H and O–H groups in total. The number of nitrogens with zero attached hydrogens (tertiary/aromatic N) is 4. The lowest BCUT2D eigenvalue weighted by Gasteiger charge is -2.35. The van der Waals surface area contributed by atoms with Crippen LogP contribution in [0.1, 0.15) is 18.2 Å². The summed E-state index contributed by atoms with van der Waals surface area (Å²) in [6, 6.07) is 6.41. The van der Waals surface area contributed by atoms with Crippen molar-refractivity contribution < 1.29 is 9.18 Å². The molecule has 1 aliphatic heterocycles. The van der Waals surface area contributed by atoms with Gasteiger partial charge < -0.3 is 15.1 Å². The zero-order valence-corrected chi connectivity index (χ0v) is 16.3. The Morgan fingerprint density at radius 3 is 2.67 bits per heavy atom. The standard InChI is InChI=1S/C19H23ClFN5O/c1-3-22-19-23-13(2)11-17(24-19)25-7-9-26(10-8-25)18(27)12-14-15(20)5-4-6-16(14)21/h4-6,11H,3,7-10,12H2,1-2H3,(H,22,23,24). The van der Waals surface area contributed by atoms with Crippen molar-refractivity contribution in [1.82, 2.24) is 14.9 Å². The molecule has 2 heterocycles. The van der Waals surface area contributed by atoms with Gasteiger partial charge in [-0.2, -0.15) is 4.98 Å². The Hall–Kier alpha value is -2.41. The van der Waals surface area contributed by atoms with Crippen molar-refractivity contribution in [2.24, 2.45) is 0 Å². The van der Waals surface area contributed by atoms with Crippen molar-refractivity contribution in [1.29, 1.82) is 0 Å². The van der Waals surface area contributed by atoms with Gasteiger partial charge in [-0.05, 0) is 26.0 Å². The highest BCUT2D eigenvalue weighted by molar-refractivity contribution is 6.31. The van der Waals surface area contributed by atoms with E-state index >= 15 is 0 Å². The van der Waals surface area contributed by atoms with Crippen molar-refractivity contribution in [3.8, 4) is 0 Å². The summed E-state index contributed by atoms with van der Waals surface area (Å²) in [4.78, 5) is 25.3. The molecule has 1 aromatic heterocycles. The van der Waals surface area contributed by atoms with Crippen LogP contribution in [0.3, 0.4) is 0 Å². The van der Waals surface area contributed by atoms with Crippen LogP contribution in [-0.4, -0.2) is 53.5 Å². The molecule has 0 unspecified atom stereocenters. The number of hydrogen-bond acceptors (Lipinski definition) is 5. The second-order valence-corrected chi connectivity index (χ2v) is 6.87. The smallest absolute Gasteiger partial charge is 0.227 e. The van der Waals surface area contributed by atoms with Crippen LogP contribution in [0.15, 0.2) is 24.3 Å². The third-order valence-electron chi connectivity index (χ3n) is 4.52. The van der Waals surface area contributed by atoms with Gasteiger partial charge in [0.1, 0.15) is 11.6 Å². The van der Waals surface area contributed by atoms with Crippen LogP contribution in [0.4, 0.5) is 16.2 Å². The molecule has 0 bridgehead atoms. The Labute approximate surface area is 163 Å². The minimum atomic E-state index is -0.443. The fourth-order valence-electron chi connectivity index (χ4n) is 3.10. The van der Waals surface area contributed by atoms with Crippen LogP contribution in [-0.2, 0) is 11.2 Å². The van der Waals surface area contributed by atoms with Crippen LogP contribution in [0.25, 0.3) is 0 Å². The second kappa shape index (κ2) is 8.52. The van der Waals surface area contributed by atoms with E-state index in [0.717, 1.165) is 18.1 Å². The molecule has 0 saturated carbocycles. The molecule has 144 valence electrons. The topological polar surface area (TPSA) is 61.4 Å². The first-order valence-electron chi connectivity index (χ1n) is 9.03. The van der Waals surface area contributed by atoms with E-state index in [1.807, 2.05) is 19.9 Å². The lowest BCUT2D eigenvalue weighted by molar-refractivity contribution is -0.130. The molecule has 27 heavy (non-hydrogen) atoms. The number of amides is 1. The number of halogens is 2. The molecular formula is C19H23ClFN5O. The van der Waals surface area contributed by atoms with E-state index in [2.05, 4.69) is 20.2 Å². The van der Waals surface area contributed by atoms with Crippen molar-refractivity contribution in [2.45, 2.75) is 20.3 Å². The van der Waals surface area contributed by atoms with E-state index in [0.29, 0.717) is 32.1 Å². The van der Waals surface area contributed by atoms with Crippen LogP contribution in [0.2, 0.25) is 5.02 Å². The maximum absolute atomic E-state index is 13.9. The van der Waals surface area contributed by atoms with Crippen molar-refractivity contribution in [2.75, 3.05) is 42.9 Å². The Morgan fingerprint density at radius 2 is 2.00 bits per heavy atom. The van der Waals surface area contributed by atoms with Gasteiger partial charge >= 0.3 is 0 Å². The van der Waals surface area contributed by atoms with Crippen LogP contribution in [0.5, 0.6) is 0 Å². The number of aromatic nitrogens is 2. The average molecular weight is 392 g/mol. The lowest BCUT2D eigenvalue weighted by Crippen LogP contribution is -2.49. The highest BCUT2D eigenvalue weighted by Crippen LogP contribution is 2.21. The fourth-order valence-corrected chi connectivity index (χ4v) is 3.33. The van der Waals surface area contributed by atoms with Gasteiger partial charge in [-0.15, -0.1) is 0 Å². The van der Waals surface area contributed by atoms with Crippen LogP contribution < -0.4 is 10.2 Å². The molecule has 1 fully saturated rings. The van der Waals surface area contributed by atoms with E-state index in [4.69, 9.17) is 11.6 Å². The first-order chi connectivity index (χ1) is 13.0. The Balaban J connectivity index is 1.62. The minimum Gasteiger partial charge on any atom is -0.354 e. The fraction of sp³-hybridized carbons (Fsp3) is 0.421.